The molecule has 0 fully saturated rings. The van der Waals surface area contributed by atoms with Crippen molar-refractivity contribution in [2.75, 3.05) is 7.11 Å². The van der Waals surface area contributed by atoms with Crippen molar-refractivity contribution < 1.29 is 9.90 Å². The summed E-state index contributed by atoms with van der Waals surface area (Å²) in [6, 6.07) is 3.05. The standard InChI is InChI=1S/C10H9Cl2N3O.CH4O/c1-6(13)14-5-15-7-2-9(11)8(4-16)10(12)3-7;1-2/h2-5H,1H3,(H2,13,14,15);2H,1H3. The molecule has 98 valence electrons. The van der Waals surface area contributed by atoms with Crippen LogP contribution in [0.15, 0.2) is 22.1 Å². The van der Waals surface area contributed by atoms with E-state index in [2.05, 4.69) is 9.98 Å². The van der Waals surface area contributed by atoms with Gasteiger partial charge in [-0.2, -0.15) is 0 Å². The van der Waals surface area contributed by atoms with Crippen LogP contribution in [0.3, 0.4) is 0 Å². The zero-order valence-electron chi connectivity index (χ0n) is 9.89. The van der Waals surface area contributed by atoms with Gasteiger partial charge >= 0.3 is 0 Å². The molecule has 0 spiro atoms. The molecule has 1 rings (SSSR count). The summed E-state index contributed by atoms with van der Waals surface area (Å²) in [6.45, 7) is 1.64. The molecule has 0 aliphatic rings. The predicted octanol–water partition coefficient (Wildman–Crippen LogP) is 2.45. The fourth-order valence-corrected chi connectivity index (χ4v) is 1.51. The lowest BCUT2D eigenvalue weighted by Gasteiger charge is -2.00. The van der Waals surface area contributed by atoms with E-state index in [1.54, 1.807) is 6.92 Å². The Kier molecular flexibility index (Phi) is 7.94. The number of halogens is 2. The lowest BCUT2D eigenvalue weighted by atomic mass is 10.2. The second-order valence-corrected chi connectivity index (χ2v) is 3.77. The monoisotopic (exact) mass is 289 g/mol. The minimum absolute atomic E-state index is 0.251. The fraction of sp³-hybridized carbons (Fsp3) is 0.182. The van der Waals surface area contributed by atoms with E-state index in [4.69, 9.17) is 34.0 Å². The molecule has 0 amide bonds. The Balaban J connectivity index is 0.00000137. The molecule has 0 unspecified atom stereocenters. The Morgan fingerprint density at radius 2 is 1.83 bits per heavy atom. The number of aldehydes is 1. The van der Waals surface area contributed by atoms with Crippen LogP contribution in [-0.4, -0.2) is 30.7 Å². The van der Waals surface area contributed by atoms with Gasteiger partial charge < -0.3 is 10.8 Å². The van der Waals surface area contributed by atoms with Crippen LogP contribution in [0.1, 0.15) is 17.3 Å². The van der Waals surface area contributed by atoms with Crippen LogP contribution >= 0.6 is 23.2 Å². The maximum Gasteiger partial charge on any atom is 0.153 e. The smallest absolute Gasteiger partial charge is 0.153 e. The molecule has 0 aromatic heterocycles. The van der Waals surface area contributed by atoms with E-state index in [9.17, 15) is 4.79 Å². The van der Waals surface area contributed by atoms with Crippen molar-refractivity contribution in [3.8, 4) is 0 Å². The Morgan fingerprint density at radius 3 is 2.22 bits per heavy atom. The summed E-state index contributed by atoms with van der Waals surface area (Å²) >= 11 is 11.7. The minimum atomic E-state index is 0.251. The molecule has 1 aromatic rings. The summed E-state index contributed by atoms with van der Waals surface area (Å²) < 4.78 is 0. The number of carbonyl (C=O) groups excluding carboxylic acids is 1. The number of carbonyl (C=O) groups is 1. The third kappa shape index (κ3) is 5.27. The number of aliphatic hydroxyl groups is 1. The molecule has 0 bridgehead atoms. The summed E-state index contributed by atoms with van der Waals surface area (Å²) in [6.07, 6.45) is 1.89. The predicted molar refractivity (Wildman–Crippen MR) is 75.4 cm³/mol. The van der Waals surface area contributed by atoms with Gasteiger partial charge in [0.2, 0.25) is 0 Å². The highest BCUT2D eigenvalue weighted by Crippen LogP contribution is 2.28. The molecule has 0 atom stereocenters. The van der Waals surface area contributed by atoms with Crippen LogP contribution in [-0.2, 0) is 0 Å². The van der Waals surface area contributed by atoms with E-state index in [1.807, 2.05) is 0 Å². The summed E-state index contributed by atoms with van der Waals surface area (Å²) in [7, 11) is 1.00. The van der Waals surface area contributed by atoms with Crippen LogP contribution in [0, 0.1) is 0 Å². The third-order valence-corrected chi connectivity index (χ3v) is 2.28. The Bertz CT molecular complexity index is 446. The highest BCUT2D eigenvalue weighted by atomic mass is 35.5. The first-order valence-electron chi connectivity index (χ1n) is 4.76. The third-order valence-electron chi connectivity index (χ3n) is 1.65. The molecule has 0 saturated carbocycles. The van der Waals surface area contributed by atoms with E-state index >= 15 is 0 Å². The average Bonchev–Trinajstić information content (AvgIpc) is 2.31. The van der Waals surface area contributed by atoms with Crippen molar-refractivity contribution in [3.63, 3.8) is 0 Å². The van der Waals surface area contributed by atoms with Gasteiger partial charge in [-0.1, -0.05) is 23.2 Å². The fourth-order valence-electron chi connectivity index (χ4n) is 0.945. The molecule has 1 aromatic carbocycles. The summed E-state index contributed by atoms with van der Waals surface area (Å²) in [5.41, 5.74) is 6.08. The highest BCUT2D eigenvalue weighted by molar-refractivity contribution is 6.38. The number of hydrogen-bond acceptors (Lipinski definition) is 3. The second-order valence-electron chi connectivity index (χ2n) is 2.96. The van der Waals surface area contributed by atoms with E-state index in [0.717, 1.165) is 7.11 Å². The number of nitrogens with two attached hydrogens (primary N) is 1. The first-order valence-corrected chi connectivity index (χ1v) is 5.51. The first kappa shape index (κ1) is 16.6. The lowest BCUT2D eigenvalue weighted by molar-refractivity contribution is 0.112. The van der Waals surface area contributed by atoms with Gasteiger partial charge in [-0.25, -0.2) is 9.98 Å². The number of aliphatic hydroxyl groups excluding tert-OH is 1. The number of rotatable bonds is 3. The van der Waals surface area contributed by atoms with Gasteiger partial charge in [0, 0.05) is 7.11 Å². The molecule has 0 heterocycles. The van der Waals surface area contributed by atoms with Crippen molar-refractivity contribution in [1.82, 2.24) is 0 Å². The maximum absolute atomic E-state index is 10.6. The molecule has 5 nitrogen and oxygen atoms in total. The van der Waals surface area contributed by atoms with Gasteiger partial charge in [-0.15, -0.1) is 0 Å². The van der Waals surface area contributed by atoms with Crippen LogP contribution in [0.25, 0.3) is 0 Å². The van der Waals surface area contributed by atoms with Gasteiger partial charge in [0.05, 0.1) is 27.1 Å². The van der Waals surface area contributed by atoms with Crippen LogP contribution in [0.2, 0.25) is 10.0 Å². The van der Waals surface area contributed by atoms with E-state index in [0.29, 0.717) is 17.8 Å². The average molecular weight is 290 g/mol. The maximum atomic E-state index is 10.6. The van der Waals surface area contributed by atoms with Gasteiger partial charge in [-0.3, -0.25) is 4.79 Å². The van der Waals surface area contributed by atoms with Crippen molar-refractivity contribution in [3.05, 3.63) is 27.7 Å². The van der Waals surface area contributed by atoms with Crippen molar-refractivity contribution in [2.24, 2.45) is 15.7 Å². The quantitative estimate of drug-likeness (QED) is 0.509. The normalized spacial score (nSPS) is 11.1. The minimum Gasteiger partial charge on any atom is -0.400 e. The van der Waals surface area contributed by atoms with E-state index in [-0.39, 0.29) is 15.6 Å². The van der Waals surface area contributed by atoms with E-state index < -0.39 is 0 Å². The largest absolute Gasteiger partial charge is 0.400 e. The van der Waals surface area contributed by atoms with Gasteiger partial charge in [0.25, 0.3) is 0 Å². The molecule has 0 radical (unpaired) electrons. The van der Waals surface area contributed by atoms with Crippen LogP contribution in [0.5, 0.6) is 0 Å². The number of hydrogen-bond donors (Lipinski definition) is 2. The Labute approximate surface area is 115 Å². The van der Waals surface area contributed by atoms with Gasteiger partial charge in [0.15, 0.2) is 6.29 Å². The van der Waals surface area contributed by atoms with Crippen LogP contribution < -0.4 is 5.73 Å². The summed E-state index contributed by atoms with van der Waals surface area (Å²) in [5.74, 6) is 0.394. The lowest BCUT2D eigenvalue weighted by Crippen LogP contribution is -2.04. The molecule has 3 N–H and O–H groups in total. The molecular weight excluding hydrogens is 277 g/mol. The number of benzene rings is 1. The molecule has 7 heteroatoms. The second kappa shape index (κ2) is 8.63. The number of amidine groups is 1. The van der Waals surface area contributed by atoms with Gasteiger partial charge in [-0.05, 0) is 19.1 Å². The molecule has 18 heavy (non-hydrogen) atoms. The SMILES string of the molecule is CC(N)=NC=Nc1cc(Cl)c(C=O)c(Cl)c1.CO. The zero-order chi connectivity index (χ0) is 14.1. The molecule has 0 aliphatic carbocycles. The molecule has 0 aliphatic heterocycles. The molecular formula is C11H13Cl2N3O2. The zero-order valence-corrected chi connectivity index (χ0v) is 11.4. The number of aliphatic imine (C=N–C) groups is 2. The molecule has 0 saturated heterocycles. The Hall–Kier alpha value is -1.43. The summed E-state index contributed by atoms with van der Waals surface area (Å²) in [5, 5.41) is 7.51. The van der Waals surface area contributed by atoms with Crippen molar-refractivity contribution >= 4 is 47.3 Å². The first-order chi connectivity index (χ1) is 8.54. The van der Waals surface area contributed by atoms with Crippen molar-refractivity contribution in [1.29, 1.82) is 0 Å². The van der Waals surface area contributed by atoms with E-state index in [1.165, 1.54) is 18.5 Å². The van der Waals surface area contributed by atoms with Crippen molar-refractivity contribution in [2.45, 2.75) is 6.92 Å². The van der Waals surface area contributed by atoms with Crippen LogP contribution in [0.4, 0.5) is 5.69 Å². The highest BCUT2D eigenvalue weighted by Gasteiger charge is 2.06. The summed E-state index contributed by atoms with van der Waals surface area (Å²) in [4.78, 5) is 18.4. The number of nitrogens with zero attached hydrogens (tertiary/aromatic N) is 2. The topological polar surface area (TPSA) is 88.0 Å². The van der Waals surface area contributed by atoms with Gasteiger partial charge in [0.1, 0.15) is 6.34 Å². The Morgan fingerprint density at radius 1 is 1.33 bits per heavy atom.